The van der Waals surface area contributed by atoms with Crippen LogP contribution >= 0.6 is 0 Å². The molecule has 0 saturated heterocycles. The zero-order valence-electron chi connectivity index (χ0n) is 10.2. The smallest absolute Gasteiger partial charge is 0.387 e. The molecule has 1 aromatic carbocycles. The number of alkyl halides is 2. The fraction of sp³-hybridized carbons (Fsp3) is 0.462. The largest absolute Gasteiger partial charge is 0.435 e. The number of hydrogen-bond acceptors (Lipinski definition) is 3. The molecule has 1 aliphatic rings. The number of hydrogen-bond donors (Lipinski definition) is 2. The number of amides is 1. The summed E-state index contributed by atoms with van der Waals surface area (Å²) in [7, 11) is 0. The van der Waals surface area contributed by atoms with E-state index in [0.717, 1.165) is 12.8 Å². The fourth-order valence-electron chi connectivity index (χ4n) is 1.76. The van der Waals surface area contributed by atoms with Gasteiger partial charge in [0.05, 0.1) is 6.10 Å². The van der Waals surface area contributed by atoms with E-state index in [1.807, 2.05) is 0 Å². The maximum absolute atomic E-state index is 12.0. The van der Waals surface area contributed by atoms with Gasteiger partial charge in [-0.05, 0) is 37.0 Å². The topological polar surface area (TPSA) is 58.6 Å². The first kappa shape index (κ1) is 13.7. The van der Waals surface area contributed by atoms with Crippen LogP contribution in [0.2, 0.25) is 0 Å². The minimum Gasteiger partial charge on any atom is -0.435 e. The Balaban J connectivity index is 1.90. The first-order valence-corrected chi connectivity index (χ1v) is 6.07. The van der Waals surface area contributed by atoms with Crippen molar-refractivity contribution in [1.29, 1.82) is 0 Å². The second-order valence-electron chi connectivity index (χ2n) is 4.52. The van der Waals surface area contributed by atoms with E-state index >= 15 is 0 Å². The SMILES string of the molecule is O=C(NCC(O)C1CC1)c1cccc(OC(F)F)c1. The molecule has 4 nitrogen and oxygen atoms in total. The summed E-state index contributed by atoms with van der Waals surface area (Å²) in [6.07, 6.45) is 1.42. The molecule has 0 aromatic heterocycles. The maximum atomic E-state index is 12.0. The van der Waals surface area contributed by atoms with Crippen molar-refractivity contribution in [3.05, 3.63) is 29.8 Å². The number of nitrogens with one attached hydrogen (secondary N) is 1. The molecular weight excluding hydrogens is 256 g/mol. The van der Waals surface area contributed by atoms with Gasteiger partial charge in [-0.3, -0.25) is 4.79 Å². The molecule has 2 N–H and O–H groups in total. The lowest BCUT2D eigenvalue weighted by molar-refractivity contribution is -0.0498. The van der Waals surface area contributed by atoms with Gasteiger partial charge in [0.15, 0.2) is 0 Å². The summed E-state index contributed by atoms with van der Waals surface area (Å²) in [6.45, 7) is -2.75. The summed E-state index contributed by atoms with van der Waals surface area (Å²) in [4.78, 5) is 11.8. The van der Waals surface area contributed by atoms with Crippen LogP contribution in [0.1, 0.15) is 23.2 Å². The average molecular weight is 271 g/mol. The normalized spacial score (nSPS) is 16.2. The Morgan fingerprint density at radius 3 is 2.84 bits per heavy atom. The Labute approximate surface area is 109 Å². The van der Waals surface area contributed by atoms with Crippen molar-refractivity contribution < 1.29 is 23.4 Å². The van der Waals surface area contributed by atoms with E-state index < -0.39 is 18.6 Å². The Hall–Kier alpha value is -1.69. The summed E-state index contributed by atoms with van der Waals surface area (Å²) in [5, 5.41) is 12.2. The third-order valence-corrected chi connectivity index (χ3v) is 2.96. The molecule has 2 rings (SSSR count). The van der Waals surface area contributed by atoms with E-state index in [0.29, 0.717) is 0 Å². The van der Waals surface area contributed by atoms with E-state index in [1.165, 1.54) is 24.3 Å². The molecule has 104 valence electrons. The van der Waals surface area contributed by atoms with Gasteiger partial charge in [-0.15, -0.1) is 0 Å². The van der Waals surface area contributed by atoms with E-state index in [9.17, 15) is 18.7 Å². The number of rotatable bonds is 6. The lowest BCUT2D eigenvalue weighted by Gasteiger charge is -2.11. The zero-order chi connectivity index (χ0) is 13.8. The Bertz CT molecular complexity index is 449. The van der Waals surface area contributed by atoms with E-state index in [-0.39, 0.29) is 23.8 Å². The second kappa shape index (κ2) is 5.97. The second-order valence-corrected chi connectivity index (χ2v) is 4.52. The zero-order valence-corrected chi connectivity index (χ0v) is 10.2. The highest BCUT2D eigenvalue weighted by atomic mass is 19.3. The molecule has 0 spiro atoms. The van der Waals surface area contributed by atoms with Crippen LogP contribution in [0, 0.1) is 5.92 Å². The summed E-state index contributed by atoms with van der Waals surface area (Å²) < 4.78 is 28.3. The number of carbonyl (C=O) groups excluding carboxylic acids is 1. The number of carbonyl (C=O) groups is 1. The van der Waals surface area contributed by atoms with Gasteiger partial charge in [-0.25, -0.2) is 0 Å². The highest BCUT2D eigenvalue weighted by Gasteiger charge is 2.29. The number of benzene rings is 1. The summed E-state index contributed by atoms with van der Waals surface area (Å²) in [5.74, 6) is -0.210. The van der Waals surface area contributed by atoms with Gasteiger partial charge >= 0.3 is 6.61 Å². The van der Waals surface area contributed by atoms with Gasteiger partial charge in [0, 0.05) is 12.1 Å². The number of halogens is 2. The molecule has 6 heteroatoms. The fourth-order valence-corrected chi connectivity index (χ4v) is 1.76. The molecule has 1 aliphatic carbocycles. The molecule has 1 amide bonds. The van der Waals surface area contributed by atoms with Crippen molar-refractivity contribution in [3.8, 4) is 5.75 Å². The minimum atomic E-state index is -2.92. The van der Waals surface area contributed by atoms with Crippen molar-refractivity contribution in [2.45, 2.75) is 25.6 Å². The van der Waals surface area contributed by atoms with Crippen LogP contribution in [0.5, 0.6) is 5.75 Å². The van der Waals surface area contributed by atoms with Gasteiger partial charge in [0.1, 0.15) is 5.75 Å². The molecule has 1 saturated carbocycles. The number of ether oxygens (including phenoxy) is 1. The van der Waals surface area contributed by atoms with Gasteiger partial charge in [-0.2, -0.15) is 8.78 Å². The van der Waals surface area contributed by atoms with Crippen LogP contribution in [0.3, 0.4) is 0 Å². The van der Waals surface area contributed by atoms with Gasteiger partial charge < -0.3 is 15.2 Å². The maximum Gasteiger partial charge on any atom is 0.387 e. The van der Waals surface area contributed by atoms with Crippen molar-refractivity contribution in [3.63, 3.8) is 0 Å². The predicted molar refractivity (Wildman–Crippen MR) is 64.1 cm³/mol. The van der Waals surface area contributed by atoms with Crippen LogP contribution in [0.15, 0.2) is 24.3 Å². The van der Waals surface area contributed by atoms with Crippen molar-refractivity contribution in [2.75, 3.05) is 6.54 Å². The Morgan fingerprint density at radius 1 is 1.47 bits per heavy atom. The summed E-state index contributed by atoms with van der Waals surface area (Å²) >= 11 is 0. The Kier molecular flexibility index (Phi) is 4.31. The molecule has 1 unspecified atom stereocenters. The first-order chi connectivity index (χ1) is 9.06. The standard InChI is InChI=1S/C13H15F2NO3/c14-13(15)19-10-3-1-2-9(6-10)12(18)16-7-11(17)8-4-5-8/h1-3,6,8,11,13,17H,4-5,7H2,(H,16,18). The highest BCUT2D eigenvalue weighted by Crippen LogP contribution is 2.32. The molecule has 1 fully saturated rings. The minimum absolute atomic E-state index is 0.0645. The monoisotopic (exact) mass is 271 g/mol. The van der Waals surface area contributed by atoms with Crippen molar-refractivity contribution in [2.24, 2.45) is 5.92 Å². The van der Waals surface area contributed by atoms with E-state index in [4.69, 9.17) is 0 Å². The van der Waals surface area contributed by atoms with Crippen LogP contribution in [0.4, 0.5) is 8.78 Å². The van der Waals surface area contributed by atoms with Crippen LogP contribution in [-0.4, -0.2) is 30.3 Å². The quantitative estimate of drug-likeness (QED) is 0.829. The average Bonchev–Trinajstić information content (AvgIpc) is 3.19. The highest BCUT2D eigenvalue weighted by molar-refractivity contribution is 5.94. The first-order valence-electron chi connectivity index (χ1n) is 6.07. The molecule has 0 radical (unpaired) electrons. The van der Waals surface area contributed by atoms with Gasteiger partial charge in [0.2, 0.25) is 0 Å². The van der Waals surface area contributed by atoms with Crippen molar-refractivity contribution >= 4 is 5.91 Å². The molecule has 0 aliphatic heterocycles. The molecule has 0 bridgehead atoms. The van der Waals surface area contributed by atoms with Crippen LogP contribution < -0.4 is 10.1 Å². The lowest BCUT2D eigenvalue weighted by atomic mass is 10.2. The van der Waals surface area contributed by atoms with Gasteiger partial charge in [0.25, 0.3) is 5.91 Å². The molecule has 1 atom stereocenters. The van der Waals surface area contributed by atoms with Crippen LogP contribution in [-0.2, 0) is 0 Å². The number of aliphatic hydroxyl groups excluding tert-OH is 1. The van der Waals surface area contributed by atoms with E-state index in [1.54, 1.807) is 0 Å². The summed E-state index contributed by atoms with van der Waals surface area (Å²) in [6, 6.07) is 5.55. The third kappa shape index (κ3) is 4.17. The Morgan fingerprint density at radius 2 is 2.21 bits per heavy atom. The third-order valence-electron chi connectivity index (χ3n) is 2.96. The molecule has 1 aromatic rings. The van der Waals surface area contributed by atoms with E-state index in [2.05, 4.69) is 10.1 Å². The molecule has 19 heavy (non-hydrogen) atoms. The van der Waals surface area contributed by atoms with Crippen molar-refractivity contribution in [1.82, 2.24) is 5.32 Å². The number of aliphatic hydroxyl groups is 1. The summed E-state index contributed by atoms with van der Waals surface area (Å²) in [5.41, 5.74) is 0.223. The van der Waals surface area contributed by atoms with Gasteiger partial charge in [-0.1, -0.05) is 6.07 Å². The molecular formula is C13H15F2NO3. The molecule has 0 heterocycles. The lowest BCUT2D eigenvalue weighted by Crippen LogP contribution is -2.33. The predicted octanol–water partition coefficient (Wildman–Crippen LogP) is 1.79. The van der Waals surface area contributed by atoms with Crippen LogP contribution in [0.25, 0.3) is 0 Å².